The van der Waals surface area contributed by atoms with Crippen LogP contribution in [0.5, 0.6) is 5.75 Å². The number of aromatic nitrogens is 2. The Morgan fingerprint density at radius 3 is 2.49 bits per heavy atom. The second-order valence-electron chi connectivity index (χ2n) is 8.41. The van der Waals surface area contributed by atoms with Gasteiger partial charge in [-0.05, 0) is 34.0 Å². The van der Waals surface area contributed by atoms with Gasteiger partial charge in [-0.2, -0.15) is 0 Å². The molecule has 0 radical (unpaired) electrons. The molecule has 0 fully saturated rings. The minimum absolute atomic E-state index is 0.147. The number of ether oxygens (including phenoxy) is 2. The number of para-hydroxylation sites is 1. The first-order valence-corrected chi connectivity index (χ1v) is 11.9. The molecule has 7 nitrogen and oxygen atoms in total. The molecule has 7 heteroatoms. The first-order chi connectivity index (χ1) is 18.2. The number of nitrogens with zero attached hydrogens (tertiary/aromatic N) is 2. The fourth-order valence-electron chi connectivity index (χ4n) is 4.04. The summed E-state index contributed by atoms with van der Waals surface area (Å²) >= 11 is 0. The van der Waals surface area contributed by atoms with Crippen molar-refractivity contribution >= 4 is 28.6 Å². The van der Waals surface area contributed by atoms with Crippen LogP contribution in [0, 0.1) is 0 Å². The maximum absolute atomic E-state index is 12.7. The Bertz CT molecular complexity index is 1520. The molecule has 5 aromatic rings. The molecule has 184 valence electrons. The van der Waals surface area contributed by atoms with E-state index in [1.807, 2.05) is 59.3 Å². The molecule has 1 amide bonds. The van der Waals surface area contributed by atoms with Gasteiger partial charge >= 0.3 is 5.97 Å². The van der Waals surface area contributed by atoms with Gasteiger partial charge in [0.1, 0.15) is 17.9 Å². The van der Waals surface area contributed by atoms with E-state index in [0.29, 0.717) is 12.5 Å². The van der Waals surface area contributed by atoms with Crippen LogP contribution in [0.4, 0.5) is 5.95 Å². The molecule has 1 aromatic heterocycles. The van der Waals surface area contributed by atoms with Gasteiger partial charge in [-0.1, -0.05) is 84.9 Å². The molecule has 0 atom stereocenters. The molecule has 5 rings (SSSR count). The number of carbonyl (C=O) groups excluding carboxylic acids is 2. The number of hydrogen-bond acceptors (Lipinski definition) is 5. The van der Waals surface area contributed by atoms with Gasteiger partial charge in [-0.25, -0.2) is 9.78 Å². The normalized spacial score (nSPS) is 10.7. The molecule has 1 N–H and O–H groups in total. The third-order valence-electron chi connectivity index (χ3n) is 5.87. The molecule has 0 aliphatic heterocycles. The molecular formula is C30H25N3O4. The number of rotatable bonds is 9. The Kier molecular flexibility index (Phi) is 7.22. The summed E-state index contributed by atoms with van der Waals surface area (Å²) in [5.74, 6) is -0.227. The van der Waals surface area contributed by atoms with E-state index in [1.165, 1.54) is 0 Å². The van der Waals surface area contributed by atoms with Crippen molar-refractivity contribution in [2.45, 2.75) is 13.2 Å². The van der Waals surface area contributed by atoms with Gasteiger partial charge in [0.25, 0.3) is 5.91 Å². The number of imidazole rings is 1. The molecule has 0 saturated carbocycles. The molecule has 0 saturated heterocycles. The summed E-state index contributed by atoms with van der Waals surface area (Å²) in [5.41, 5.74) is 2.25. The van der Waals surface area contributed by atoms with Crippen LogP contribution in [0.25, 0.3) is 10.8 Å². The third kappa shape index (κ3) is 5.85. The molecule has 0 aliphatic carbocycles. The van der Waals surface area contributed by atoms with Gasteiger partial charge in [0, 0.05) is 12.4 Å². The number of amides is 1. The average Bonchev–Trinajstić information content (AvgIpc) is 3.37. The highest BCUT2D eigenvalue weighted by Gasteiger charge is 2.16. The van der Waals surface area contributed by atoms with Crippen LogP contribution in [-0.2, 0) is 22.7 Å². The fourth-order valence-corrected chi connectivity index (χ4v) is 4.04. The predicted octanol–water partition coefficient (Wildman–Crippen LogP) is 5.46. The van der Waals surface area contributed by atoms with Crippen molar-refractivity contribution in [2.24, 2.45) is 0 Å². The number of carbonyl (C=O) groups is 2. The van der Waals surface area contributed by atoms with Crippen molar-refractivity contribution in [1.82, 2.24) is 9.55 Å². The summed E-state index contributed by atoms with van der Waals surface area (Å²) in [6.07, 6.45) is 3.45. The van der Waals surface area contributed by atoms with Crippen molar-refractivity contribution in [3.05, 3.63) is 126 Å². The van der Waals surface area contributed by atoms with E-state index >= 15 is 0 Å². The fraction of sp³-hybridized carbons (Fsp3) is 0.100. The Morgan fingerprint density at radius 1 is 0.838 bits per heavy atom. The number of hydrogen-bond donors (Lipinski definition) is 1. The Hall–Kier alpha value is -4.91. The highest BCUT2D eigenvalue weighted by Crippen LogP contribution is 2.22. The summed E-state index contributed by atoms with van der Waals surface area (Å²) in [6, 6.07) is 30.4. The smallest absolute Gasteiger partial charge is 0.342 e. The van der Waals surface area contributed by atoms with E-state index < -0.39 is 11.9 Å². The van der Waals surface area contributed by atoms with E-state index in [9.17, 15) is 9.59 Å². The second kappa shape index (κ2) is 11.2. The maximum Gasteiger partial charge on any atom is 0.342 e. The lowest BCUT2D eigenvalue weighted by molar-refractivity contribution is -0.118. The Morgan fingerprint density at radius 2 is 1.59 bits per heavy atom. The van der Waals surface area contributed by atoms with Crippen LogP contribution >= 0.6 is 0 Å². The van der Waals surface area contributed by atoms with Crippen LogP contribution in [0.3, 0.4) is 0 Å². The summed E-state index contributed by atoms with van der Waals surface area (Å²) in [4.78, 5) is 29.6. The van der Waals surface area contributed by atoms with Crippen molar-refractivity contribution in [1.29, 1.82) is 0 Å². The number of esters is 1. The van der Waals surface area contributed by atoms with E-state index in [0.717, 1.165) is 21.9 Å². The van der Waals surface area contributed by atoms with Crippen molar-refractivity contribution < 1.29 is 19.1 Å². The molecule has 37 heavy (non-hydrogen) atoms. The SMILES string of the molecule is O=C(COc1ccccc1C(=O)OCc1ccccc1)Nc1nccn1Cc1cccc2ccccc12. The number of benzene rings is 4. The maximum atomic E-state index is 12.7. The van der Waals surface area contributed by atoms with E-state index in [4.69, 9.17) is 9.47 Å². The zero-order valence-corrected chi connectivity index (χ0v) is 20.0. The lowest BCUT2D eigenvalue weighted by Gasteiger charge is -2.13. The van der Waals surface area contributed by atoms with Crippen LogP contribution in [0.15, 0.2) is 109 Å². The minimum Gasteiger partial charge on any atom is -0.483 e. The van der Waals surface area contributed by atoms with Crippen molar-refractivity contribution in [3.8, 4) is 5.75 Å². The first kappa shape index (κ1) is 23.8. The first-order valence-electron chi connectivity index (χ1n) is 11.9. The van der Waals surface area contributed by atoms with Gasteiger partial charge < -0.3 is 14.0 Å². The van der Waals surface area contributed by atoms with Crippen LogP contribution < -0.4 is 10.1 Å². The lowest BCUT2D eigenvalue weighted by Crippen LogP contribution is -2.23. The molecule has 1 heterocycles. The molecule has 0 spiro atoms. The minimum atomic E-state index is -0.523. The van der Waals surface area contributed by atoms with Crippen molar-refractivity contribution in [2.75, 3.05) is 11.9 Å². The largest absolute Gasteiger partial charge is 0.483 e. The second-order valence-corrected chi connectivity index (χ2v) is 8.41. The highest BCUT2D eigenvalue weighted by molar-refractivity contribution is 5.93. The van der Waals surface area contributed by atoms with Gasteiger partial charge in [0.2, 0.25) is 5.95 Å². The van der Waals surface area contributed by atoms with Gasteiger partial charge in [-0.15, -0.1) is 0 Å². The molecule has 0 bridgehead atoms. The van der Waals surface area contributed by atoms with Crippen LogP contribution in [-0.4, -0.2) is 28.0 Å². The molecule has 0 aliphatic rings. The number of fused-ring (bicyclic) bond motifs is 1. The summed E-state index contributed by atoms with van der Waals surface area (Å²) in [7, 11) is 0. The molecular weight excluding hydrogens is 466 g/mol. The lowest BCUT2D eigenvalue weighted by atomic mass is 10.0. The van der Waals surface area contributed by atoms with Gasteiger partial charge in [0.05, 0.1) is 6.54 Å². The zero-order valence-electron chi connectivity index (χ0n) is 20.0. The topological polar surface area (TPSA) is 82.5 Å². The van der Waals surface area contributed by atoms with Crippen molar-refractivity contribution in [3.63, 3.8) is 0 Å². The summed E-state index contributed by atoms with van der Waals surface area (Å²) in [6.45, 7) is 0.409. The third-order valence-corrected chi connectivity index (χ3v) is 5.87. The Balaban J connectivity index is 1.21. The van der Waals surface area contributed by atoms with E-state index in [2.05, 4.69) is 34.6 Å². The molecule has 0 unspecified atom stereocenters. The van der Waals surface area contributed by atoms with E-state index in [-0.39, 0.29) is 24.5 Å². The van der Waals surface area contributed by atoms with Gasteiger partial charge in [0.15, 0.2) is 6.61 Å². The summed E-state index contributed by atoms with van der Waals surface area (Å²) < 4.78 is 13.0. The monoisotopic (exact) mass is 491 g/mol. The Labute approximate surface area is 214 Å². The highest BCUT2D eigenvalue weighted by atomic mass is 16.5. The van der Waals surface area contributed by atoms with Crippen LogP contribution in [0.1, 0.15) is 21.5 Å². The zero-order chi connectivity index (χ0) is 25.5. The average molecular weight is 492 g/mol. The standard InChI is InChI=1S/C30H25N3O4/c34-28(21-36-27-16-7-6-15-26(27)29(35)37-20-22-9-2-1-3-10-22)32-30-31-17-18-33(30)19-24-13-8-12-23-11-4-5-14-25(23)24/h1-18H,19-21H2,(H,31,32,34). The van der Waals surface area contributed by atoms with Gasteiger partial charge in [-0.3, -0.25) is 10.1 Å². The number of anilines is 1. The van der Waals surface area contributed by atoms with Crippen LogP contribution in [0.2, 0.25) is 0 Å². The van der Waals surface area contributed by atoms with E-state index in [1.54, 1.807) is 30.5 Å². The predicted molar refractivity (Wildman–Crippen MR) is 141 cm³/mol. The number of nitrogens with one attached hydrogen (secondary N) is 1. The molecule has 4 aromatic carbocycles. The summed E-state index contributed by atoms with van der Waals surface area (Å²) in [5, 5.41) is 5.10. The quantitative estimate of drug-likeness (QED) is 0.277.